The van der Waals surface area contributed by atoms with Gasteiger partial charge in [0.2, 0.25) is 0 Å². The zero-order valence-corrected chi connectivity index (χ0v) is 20.0. The number of amides is 1. The molecule has 0 saturated heterocycles. The second kappa shape index (κ2) is 11.8. The van der Waals surface area contributed by atoms with Crippen LogP contribution in [0.4, 0.5) is 0 Å². The molecule has 1 amide bonds. The fourth-order valence-corrected chi connectivity index (χ4v) is 4.27. The Morgan fingerprint density at radius 3 is 2.26 bits per heavy atom. The van der Waals surface area contributed by atoms with E-state index in [4.69, 9.17) is 5.73 Å². The summed E-state index contributed by atoms with van der Waals surface area (Å²) in [7, 11) is 0. The number of carbonyl (C=O) groups excluding carboxylic acids is 1. The van der Waals surface area contributed by atoms with Gasteiger partial charge in [0.25, 0.3) is 11.5 Å². The summed E-state index contributed by atoms with van der Waals surface area (Å²) in [6, 6.07) is 18.4. The number of halogens is 1. The Hall–Kier alpha value is -3.49. The number of nitrogens with two attached hydrogens (primary N) is 1. The highest BCUT2D eigenvalue weighted by Gasteiger charge is 2.28. The molecule has 0 unspecified atom stereocenters. The number of aromatic nitrogens is 2. The molecule has 1 fully saturated rings. The molecule has 8 nitrogen and oxygen atoms in total. The molecule has 1 heterocycles. The summed E-state index contributed by atoms with van der Waals surface area (Å²) in [6.45, 7) is 0.650. The van der Waals surface area contributed by atoms with Gasteiger partial charge in [-0.05, 0) is 42.9 Å². The minimum Gasteiger partial charge on any atom is -0.481 e. The predicted octanol–water partition coefficient (Wildman–Crippen LogP) is 3.21. The lowest BCUT2D eigenvalue weighted by molar-refractivity contribution is -0.142. The highest BCUT2D eigenvalue weighted by Crippen LogP contribution is 2.25. The third kappa shape index (κ3) is 6.35. The first kappa shape index (κ1) is 26.1. The van der Waals surface area contributed by atoms with Crippen molar-refractivity contribution in [3.63, 3.8) is 0 Å². The number of carbonyl (C=O) groups is 2. The van der Waals surface area contributed by atoms with Crippen molar-refractivity contribution in [3.8, 4) is 11.3 Å². The summed E-state index contributed by atoms with van der Waals surface area (Å²) in [5, 5.41) is 16.7. The van der Waals surface area contributed by atoms with Gasteiger partial charge in [0.1, 0.15) is 5.56 Å². The SMILES string of the molecule is Cl.NCc1ccc(-c2cc(C(=O)N[C@H]3CC[C@H](C(=O)O)CC3)c(=O)n(Cc3ccccc3)n2)cc1. The standard InChI is InChI=1S/C26H28N4O4.ClH/c27-15-17-6-8-19(9-7-17)23-14-22(24(31)28-21-12-10-20(11-13-21)26(33)34)25(32)30(29-23)16-18-4-2-1-3-5-18;/h1-9,14,20-21H,10-13,15-16,27H2,(H,28,31)(H,33,34);1H/t20-,21-;. The molecule has 1 saturated carbocycles. The van der Waals surface area contributed by atoms with Crippen LogP contribution in [0.15, 0.2) is 65.5 Å². The van der Waals surface area contributed by atoms with Gasteiger partial charge in [-0.1, -0.05) is 54.6 Å². The number of hydrogen-bond acceptors (Lipinski definition) is 5. The van der Waals surface area contributed by atoms with E-state index in [0.29, 0.717) is 37.9 Å². The number of nitrogens with zero attached hydrogens (tertiary/aromatic N) is 2. The van der Waals surface area contributed by atoms with E-state index in [2.05, 4.69) is 10.4 Å². The minimum absolute atomic E-state index is 0. The van der Waals surface area contributed by atoms with Crippen LogP contribution in [0.2, 0.25) is 0 Å². The first-order valence-electron chi connectivity index (χ1n) is 11.4. The first-order valence-corrected chi connectivity index (χ1v) is 11.4. The van der Waals surface area contributed by atoms with E-state index in [1.807, 2.05) is 54.6 Å². The molecule has 1 aromatic heterocycles. The van der Waals surface area contributed by atoms with Gasteiger partial charge in [-0.3, -0.25) is 14.4 Å². The lowest BCUT2D eigenvalue weighted by Crippen LogP contribution is -2.42. The van der Waals surface area contributed by atoms with Gasteiger partial charge in [-0.2, -0.15) is 5.10 Å². The van der Waals surface area contributed by atoms with Crippen molar-refractivity contribution in [2.75, 3.05) is 0 Å². The molecule has 0 aliphatic heterocycles. The monoisotopic (exact) mass is 496 g/mol. The zero-order valence-electron chi connectivity index (χ0n) is 19.2. The first-order chi connectivity index (χ1) is 16.4. The summed E-state index contributed by atoms with van der Waals surface area (Å²) >= 11 is 0. The molecule has 2 aromatic carbocycles. The Balaban J connectivity index is 0.00000342. The van der Waals surface area contributed by atoms with Crippen LogP contribution in [0.3, 0.4) is 0 Å². The normalized spacial score (nSPS) is 17.3. The average molecular weight is 497 g/mol. The minimum atomic E-state index is -0.798. The maximum absolute atomic E-state index is 13.2. The van der Waals surface area contributed by atoms with Crippen molar-refractivity contribution in [2.45, 2.75) is 44.8 Å². The van der Waals surface area contributed by atoms with E-state index in [1.54, 1.807) is 0 Å². The molecule has 4 rings (SSSR count). The lowest BCUT2D eigenvalue weighted by Gasteiger charge is -2.26. The number of carboxylic acid groups (broad SMARTS) is 1. The van der Waals surface area contributed by atoms with Crippen molar-refractivity contribution >= 4 is 24.3 Å². The molecule has 1 aliphatic rings. The summed E-state index contributed by atoms with van der Waals surface area (Å²) in [6.07, 6.45) is 2.15. The van der Waals surface area contributed by atoms with Gasteiger partial charge >= 0.3 is 5.97 Å². The number of rotatable bonds is 7. The third-order valence-corrected chi connectivity index (χ3v) is 6.29. The van der Waals surface area contributed by atoms with E-state index in [9.17, 15) is 19.5 Å². The Morgan fingerprint density at radius 1 is 1.00 bits per heavy atom. The molecule has 0 radical (unpaired) electrons. The molecule has 1 aliphatic carbocycles. The molecule has 3 aromatic rings. The lowest BCUT2D eigenvalue weighted by atomic mass is 9.86. The Bertz CT molecular complexity index is 1220. The van der Waals surface area contributed by atoms with Crippen molar-refractivity contribution in [1.82, 2.24) is 15.1 Å². The molecule has 0 bridgehead atoms. The molecule has 35 heavy (non-hydrogen) atoms. The highest BCUT2D eigenvalue weighted by atomic mass is 35.5. The number of hydrogen-bond donors (Lipinski definition) is 3. The van der Waals surface area contributed by atoms with Crippen molar-refractivity contribution in [3.05, 3.63) is 87.7 Å². The van der Waals surface area contributed by atoms with Crippen molar-refractivity contribution < 1.29 is 14.7 Å². The Labute approximate surface area is 209 Å². The number of aliphatic carboxylic acids is 1. The van der Waals surface area contributed by atoms with E-state index in [0.717, 1.165) is 16.7 Å². The molecular formula is C26H29ClN4O4. The summed E-state index contributed by atoms with van der Waals surface area (Å²) < 4.78 is 1.32. The molecule has 4 N–H and O–H groups in total. The Kier molecular flexibility index (Phi) is 8.78. The number of nitrogens with one attached hydrogen (secondary N) is 1. The van der Waals surface area contributed by atoms with Crippen LogP contribution < -0.4 is 16.6 Å². The molecule has 0 spiro atoms. The van der Waals surface area contributed by atoms with Crippen LogP contribution in [-0.2, 0) is 17.9 Å². The fourth-order valence-electron chi connectivity index (χ4n) is 4.27. The summed E-state index contributed by atoms with van der Waals surface area (Å²) in [4.78, 5) is 37.6. The van der Waals surface area contributed by atoms with Gasteiger partial charge in [0, 0.05) is 18.2 Å². The van der Waals surface area contributed by atoms with Gasteiger partial charge in [-0.15, -0.1) is 12.4 Å². The average Bonchev–Trinajstić information content (AvgIpc) is 2.86. The molecular weight excluding hydrogens is 468 g/mol. The highest BCUT2D eigenvalue weighted by molar-refractivity contribution is 5.95. The number of carboxylic acids is 1. The maximum Gasteiger partial charge on any atom is 0.306 e. The van der Waals surface area contributed by atoms with Crippen LogP contribution >= 0.6 is 12.4 Å². The zero-order chi connectivity index (χ0) is 24.1. The second-order valence-electron chi connectivity index (χ2n) is 8.65. The second-order valence-corrected chi connectivity index (χ2v) is 8.65. The van der Waals surface area contributed by atoms with Crippen LogP contribution in [0.1, 0.15) is 47.2 Å². The predicted molar refractivity (Wildman–Crippen MR) is 135 cm³/mol. The van der Waals surface area contributed by atoms with E-state index >= 15 is 0 Å². The van der Waals surface area contributed by atoms with Gasteiger partial charge in [0.05, 0.1) is 18.2 Å². The van der Waals surface area contributed by atoms with Crippen LogP contribution in [0.5, 0.6) is 0 Å². The molecule has 9 heteroatoms. The Morgan fingerprint density at radius 2 is 1.66 bits per heavy atom. The van der Waals surface area contributed by atoms with Crippen LogP contribution in [0.25, 0.3) is 11.3 Å². The fraction of sp³-hybridized carbons (Fsp3) is 0.308. The van der Waals surface area contributed by atoms with Crippen molar-refractivity contribution in [1.29, 1.82) is 0 Å². The van der Waals surface area contributed by atoms with E-state index in [1.165, 1.54) is 10.7 Å². The van der Waals surface area contributed by atoms with Crippen LogP contribution in [0, 0.1) is 5.92 Å². The van der Waals surface area contributed by atoms with E-state index < -0.39 is 17.4 Å². The maximum atomic E-state index is 13.2. The quantitative estimate of drug-likeness (QED) is 0.461. The van der Waals surface area contributed by atoms with Gasteiger partial charge < -0.3 is 16.2 Å². The van der Waals surface area contributed by atoms with Gasteiger partial charge in [0.15, 0.2) is 0 Å². The molecule has 184 valence electrons. The molecule has 0 atom stereocenters. The third-order valence-electron chi connectivity index (χ3n) is 6.29. The van der Waals surface area contributed by atoms with Crippen LogP contribution in [-0.4, -0.2) is 32.8 Å². The topological polar surface area (TPSA) is 127 Å². The van der Waals surface area contributed by atoms with E-state index in [-0.39, 0.29) is 36.5 Å². The largest absolute Gasteiger partial charge is 0.481 e. The smallest absolute Gasteiger partial charge is 0.306 e. The number of benzene rings is 2. The summed E-state index contributed by atoms with van der Waals surface area (Å²) in [5.41, 5.74) is 8.40. The van der Waals surface area contributed by atoms with Gasteiger partial charge in [-0.25, -0.2) is 4.68 Å². The van der Waals surface area contributed by atoms with Crippen molar-refractivity contribution in [2.24, 2.45) is 11.7 Å². The summed E-state index contributed by atoms with van der Waals surface area (Å²) in [5.74, 6) is -1.64.